The summed E-state index contributed by atoms with van der Waals surface area (Å²) >= 11 is 6.21. The van der Waals surface area contributed by atoms with Gasteiger partial charge in [0.25, 0.3) is 0 Å². The minimum atomic E-state index is -0.939. The van der Waals surface area contributed by atoms with Crippen molar-refractivity contribution in [1.29, 1.82) is 0 Å². The predicted molar refractivity (Wildman–Crippen MR) is 146 cm³/mol. The third-order valence-corrected chi connectivity index (χ3v) is 7.05. The highest BCUT2D eigenvalue weighted by molar-refractivity contribution is 6.30. The zero-order valence-corrected chi connectivity index (χ0v) is 20.6. The van der Waals surface area contributed by atoms with Gasteiger partial charge in [-0.05, 0) is 64.2 Å². The lowest BCUT2D eigenvalue weighted by Gasteiger charge is -2.34. The van der Waals surface area contributed by atoms with E-state index in [1.54, 1.807) is 6.33 Å². The molecule has 5 rings (SSSR count). The quantitative estimate of drug-likeness (QED) is 0.363. The van der Waals surface area contributed by atoms with E-state index in [-0.39, 0.29) is 0 Å². The number of aryl methyl sites for hydroxylation is 1. The van der Waals surface area contributed by atoms with Crippen LogP contribution in [0.3, 0.4) is 0 Å². The number of nitrogens with zero attached hydrogens (tertiary/aromatic N) is 3. The molecular formula is C30H27ClN4. The van der Waals surface area contributed by atoms with E-state index in [1.807, 2.05) is 67.3 Å². The molecule has 3 aromatic carbocycles. The molecule has 1 aliphatic rings. The first-order valence-corrected chi connectivity index (χ1v) is 11.7. The van der Waals surface area contributed by atoms with Gasteiger partial charge in [0.05, 0.1) is 18.2 Å². The molecule has 4 nitrogen and oxygen atoms in total. The normalized spacial score (nSPS) is 14.8. The van der Waals surface area contributed by atoms with Crippen LogP contribution in [0.2, 0.25) is 5.02 Å². The molecule has 0 amide bonds. The van der Waals surface area contributed by atoms with Crippen LogP contribution in [0.5, 0.6) is 0 Å². The summed E-state index contributed by atoms with van der Waals surface area (Å²) in [6.07, 6.45) is 7.58. The number of allylic oxidation sites excluding steroid dienone is 1. The molecule has 0 saturated heterocycles. The maximum absolute atomic E-state index is 7.31. The lowest BCUT2D eigenvalue weighted by atomic mass is 9.79. The lowest BCUT2D eigenvalue weighted by molar-refractivity contribution is 0.596. The Bertz CT molecular complexity index is 1480. The Morgan fingerprint density at radius 3 is 2.43 bits per heavy atom. The Morgan fingerprint density at radius 1 is 1.00 bits per heavy atom. The van der Waals surface area contributed by atoms with Crippen molar-refractivity contribution in [2.75, 3.05) is 11.9 Å². The zero-order valence-electron chi connectivity index (χ0n) is 19.9. The average Bonchev–Trinajstić information content (AvgIpc) is 3.32. The van der Waals surface area contributed by atoms with E-state index in [0.717, 1.165) is 50.5 Å². The van der Waals surface area contributed by atoms with Crippen LogP contribution in [0, 0.1) is 0 Å². The van der Waals surface area contributed by atoms with Gasteiger partial charge in [0.1, 0.15) is 5.54 Å². The second-order valence-electron chi connectivity index (χ2n) is 8.87. The molecule has 2 N–H and O–H groups in total. The number of likely N-dealkylation sites (N-methyl/N-ethyl adjacent to an activating group) is 1. The summed E-state index contributed by atoms with van der Waals surface area (Å²) in [7, 11) is 3.99. The molecule has 1 aromatic heterocycles. The summed E-state index contributed by atoms with van der Waals surface area (Å²) in [5.74, 6) is 0. The molecule has 0 bridgehead atoms. The van der Waals surface area contributed by atoms with E-state index in [0.29, 0.717) is 5.02 Å². The first kappa shape index (κ1) is 22.9. The van der Waals surface area contributed by atoms with Gasteiger partial charge < -0.3 is 15.2 Å². The van der Waals surface area contributed by atoms with E-state index in [2.05, 4.69) is 59.4 Å². The molecule has 2 heterocycles. The van der Waals surface area contributed by atoms with Crippen molar-refractivity contribution >= 4 is 28.9 Å². The number of imidazole rings is 1. The monoisotopic (exact) mass is 478 g/mol. The van der Waals surface area contributed by atoms with Gasteiger partial charge in [-0.2, -0.15) is 0 Å². The maximum Gasteiger partial charge on any atom is 0.109 e. The van der Waals surface area contributed by atoms with Crippen molar-refractivity contribution in [3.63, 3.8) is 0 Å². The number of hydrogen-bond donors (Lipinski definition) is 1. The van der Waals surface area contributed by atoms with Gasteiger partial charge in [-0.1, -0.05) is 67.2 Å². The lowest BCUT2D eigenvalue weighted by Crippen LogP contribution is -2.41. The summed E-state index contributed by atoms with van der Waals surface area (Å²) in [5, 5.41) is 0.666. The van der Waals surface area contributed by atoms with Gasteiger partial charge in [-0.25, -0.2) is 4.98 Å². The average molecular weight is 479 g/mol. The molecule has 174 valence electrons. The van der Waals surface area contributed by atoms with E-state index in [1.165, 1.54) is 0 Å². The molecule has 4 aromatic rings. The summed E-state index contributed by atoms with van der Waals surface area (Å²) in [4.78, 5) is 6.47. The van der Waals surface area contributed by atoms with Crippen LogP contribution in [-0.4, -0.2) is 16.6 Å². The van der Waals surface area contributed by atoms with Crippen LogP contribution in [0.25, 0.3) is 11.6 Å². The fraction of sp³-hybridized carbons (Fsp3) is 0.100. The highest BCUT2D eigenvalue weighted by atomic mass is 35.5. The summed E-state index contributed by atoms with van der Waals surface area (Å²) in [6.45, 7) is 8.20. The van der Waals surface area contributed by atoms with Crippen molar-refractivity contribution in [3.05, 3.63) is 143 Å². The van der Waals surface area contributed by atoms with Crippen LogP contribution < -0.4 is 10.6 Å². The minimum absolute atomic E-state index is 0.666. The smallest absolute Gasteiger partial charge is 0.109 e. The molecule has 0 spiro atoms. The Kier molecular flexibility index (Phi) is 5.72. The van der Waals surface area contributed by atoms with Gasteiger partial charge in [-0.15, -0.1) is 0 Å². The Hall–Kier alpha value is -3.86. The zero-order chi connectivity index (χ0) is 24.7. The number of anilines is 1. The van der Waals surface area contributed by atoms with Gasteiger partial charge >= 0.3 is 0 Å². The largest absolute Gasteiger partial charge is 0.345 e. The fourth-order valence-corrected chi connectivity index (χ4v) is 4.90. The van der Waals surface area contributed by atoms with Crippen molar-refractivity contribution < 1.29 is 0 Å². The molecule has 5 heteroatoms. The molecular weight excluding hydrogens is 452 g/mol. The van der Waals surface area contributed by atoms with Crippen LogP contribution in [0.1, 0.15) is 33.5 Å². The topological polar surface area (TPSA) is 47.1 Å². The Morgan fingerprint density at radius 2 is 1.74 bits per heavy atom. The standard InChI is InChI=1S/C30H27ClN4/c1-5-21-7-6-8-22(16-21)26-15-20(2)35(4)28-14-11-24(17-27(26)28)30(32,29-18-33-19-34(29)3)23-9-12-25(31)13-10-23/h5-19H,1-2,32H2,3-4H3. The van der Waals surface area contributed by atoms with E-state index in [4.69, 9.17) is 17.3 Å². The summed E-state index contributed by atoms with van der Waals surface area (Å²) in [6, 6.07) is 22.5. The van der Waals surface area contributed by atoms with E-state index >= 15 is 0 Å². The van der Waals surface area contributed by atoms with E-state index in [9.17, 15) is 0 Å². The number of fused-ring (bicyclic) bond motifs is 1. The Balaban J connectivity index is 1.75. The highest BCUT2D eigenvalue weighted by Crippen LogP contribution is 2.42. The highest BCUT2D eigenvalue weighted by Gasteiger charge is 2.36. The summed E-state index contributed by atoms with van der Waals surface area (Å²) in [5.41, 5.74) is 15.5. The third kappa shape index (κ3) is 3.81. The summed E-state index contributed by atoms with van der Waals surface area (Å²) < 4.78 is 1.96. The van der Waals surface area contributed by atoms with Crippen LogP contribution >= 0.6 is 11.6 Å². The van der Waals surface area contributed by atoms with Crippen LogP contribution in [0.4, 0.5) is 5.69 Å². The molecule has 0 fully saturated rings. The molecule has 35 heavy (non-hydrogen) atoms. The number of nitrogens with two attached hydrogens (primary N) is 1. The number of hydrogen-bond acceptors (Lipinski definition) is 3. The van der Waals surface area contributed by atoms with Gasteiger partial charge in [0.15, 0.2) is 0 Å². The molecule has 1 aliphatic heterocycles. The molecule has 0 radical (unpaired) electrons. The minimum Gasteiger partial charge on any atom is -0.345 e. The van der Waals surface area contributed by atoms with Gasteiger partial charge in [0.2, 0.25) is 0 Å². The first-order chi connectivity index (χ1) is 16.8. The molecule has 0 saturated carbocycles. The first-order valence-electron chi connectivity index (χ1n) is 11.4. The van der Waals surface area contributed by atoms with Crippen molar-refractivity contribution in [2.45, 2.75) is 5.54 Å². The predicted octanol–water partition coefficient (Wildman–Crippen LogP) is 6.36. The van der Waals surface area contributed by atoms with Crippen LogP contribution in [-0.2, 0) is 12.6 Å². The molecule has 0 aliphatic carbocycles. The number of benzene rings is 3. The molecule has 1 atom stereocenters. The van der Waals surface area contributed by atoms with Crippen molar-refractivity contribution in [1.82, 2.24) is 9.55 Å². The third-order valence-electron chi connectivity index (χ3n) is 6.80. The molecule has 1 unspecified atom stereocenters. The van der Waals surface area contributed by atoms with Crippen molar-refractivity contribution in [3.8, 4) is 0 Å². The SMILES string of the molecule is C=Cc1cccc(C2=CC(=C)N(C)c3ccc(C(N)(c4ccc(Cl)cc4)c4cncn4C)cc32)c1. The number of halogens is 1. The maximum atomic E-state index is 7.31. The Labute approximate surface area is 211 Å². The second-order valence-corrected chi connectivity index (χ2v) is 9.31. The van der Waals surface area contributed by atoms with Crippen LogP contribution in [0.15, 0.2) is 104 Å². The van der Waals surface area contributed by atoms with Gasteiger partial charge in [0, 0.05) is 36.1 Å². The second kappa shape index (κ2) is 8.73. The number of rotatable bonds is 5. The number of aromatic nitrogens is 2. The van der Waals surface area contributed by atoms with E-state index < -0.39 is 5.54 Å². The van der Waals surface area contributed by atoms with Gasteiger partial charge in [-0.3, -0.25) is 0 Å². The van der Waals surface area contributed by atoms with Crippen molar-refractivity contribution in [2.24, 2.45) is 12.8 Å². The fourth-order valence-electron chi connectivity index (χ4n) is 4.77.